The molecule has 1 unspecified atom stereocenters. The van der Waals surface area contributed by atoms with Crippen molar-refractivity contribution in [1.82, 2.24) is 9.29 Å². The number of anilines is 1. The Morgan fingerprint density at radius 3 is 2.61 bits per heavy atom. The number of carbonyl (C=O) groups excluding carboxylic acids is 1. The standard InChI is InChI=1S/C21H19Cl2N3O3S2/c1-13-4-7-15(8-5-13)31(28,29)26-10-2-3-19(26)20(27)25-21-24-18(12-30-21)14-6-9-16(22)17(23)11-14/h4-9,11-12,19H,2-3,10H2,1H3,(H,24,25,27). The van der Waals surface area contributed by atoms with Gasteiger partial charge in [0.1, 0.15) is 6.04 Å². The zero-order valence-corrected chi connectivity index (χ0v) is 19.7. The Kier molecular flexibility index (Phi) is 6.37. The molecule has 1 atom stereocenters. The first kappa shape index (κ1) is 22.2. The minimum absolute atomic E-state index is 0.189. The van der Waals surface area contributed by atoms with E-state index >= 15 is 0 Å². The lowest BCUT2D eigenvalue weighted by atomic mass is 10.2. The smallest absolute Gasteiger partial charge is 0.244 e. The molecule has 0 saturated carbocycles. The Hall–Kier alpha value is -1.97. The summed E-state index contributed by atoms with van der Waals surface area (Å²) in [5.41, 5.74) is 2.39. The molecule has 1 aliphatic rings. The summed E-state index contributed by atoms with van der Waals surface area (Å²) in [6, 6.07) is 11.0. The molecule has 2 heterocycles. The molecule has 0 radical (unpaired) electrons. The van der Waals surface area contributed by atoms with Crippen molar-refractivity contribution in [2.75, 3.05) is 11.9 Å². The summed E-state index contributed by atoms with van der Waals surface area (Å²) >= 11 is 13.3. The molecule has 0 aliphatic carbocycles. The van der Waals surface area contributed by atoms with Gasteiger partial charge in [-0.05, 0) is 44.0 Å². The maximum Gasteiger partial charge on any atom is 0.244 e. The lowest BCUT2D eigenvalue weighted by molar-refractivity contribution is -0.119. The minimum Gasteiger partial charge on any atom is -0.301 e. The van der Waals surface area contributed by atoms with Gasteiger partial charge in [-0.15, -0.1) is 11.3 Å². The van der Waals surface area contributed by atoms with Crippen LogP contribution in [0.15, 0.2) is 52.7 Å². The van der Waals surface area contributed by atoms with Gasteiger partial charge in [-0.1, -0.05) is 47.0 Å². The lowest BCUT2D eigenvalue weighted by Crippen LogP contribution is -2.43. The number of rotatable bonds is 5. The molecule has 6 nitrogen and oxygen atoms in total. The molecule has 1 amide bonds. The van der Waals surface area contributed by atoms with E-state index in [9.17, 15) is 13.2 Å². The van der Waals surface area contributed by atoms with Crippen LogP contribution in [-0.4, -0.2) is 36.2 Å². The van der Waals surface area contributed by atoms with Gasteiger partial charge in [0.15, 0.2) is 5.13 Å². The number of halogens is 2. The van der Waals surface area contributed by atoms with E-state index in [-0.39, 0.29) is 10.8 Å². The second-order valence-corrected chi connectivity index (χ2v) is 10.8. The fourth-order valence-electron chi connectivity index (χ4n) is 3.44. The quantitative estimate of drug-likeness (QED) is 0.526. The van der Waals surface area contributed by atoms with Gasteiger partial charge in [-0.2, -0.15) is 4.31 Å². The highest BCUT2D eigenvalue weighted by Crippen LogP contribution is 2.31. The predicted octanol–water partition coefficient (Wildman–Crippen LogP) is 5.22. The maximum atomic E-state index is 13.1. The van der Waals surface area contributed by atoms with Gasteiger partial charge in [0.05, 0.1) is 20.6 Å². The molecule has 0 bridgehead atoms. The van der Waals surface area contributed by atoms with Crippen LogP contribution in [0, 0.1) is 6.92 Å². The van der Waals surface area contributed by atoms with Crippen LogP contribution >= 0.6 is 34.5 Å². The number of benzene rings is 2. The van der Waals surface area contributed by atoms with Crippen molar-refractivity contribution in [1.29, 1.82) is 0 Å². The molecule has 162 valence electrons. The van der Waals surface area contributed by atoms with Crippen molar-refractivity contribution < 1.29 is 13.2 Å². The molecule has 2 aromatic carbocycles. The molecule has 1 saturated heterocycles. The summed E-state index contributed by atoms with van der Waals surface area (Å²) in [4.78, 5) is 17.5. The molecule has 4 rings (SSSR count). The number of hydrogen-bond acceptors (Lipinski definition) is 5. The molecule has 3 aromatic rings. The van der Waals surface area contributed by atoms with E-state index in [2.05, 4.69) is 10.3 Å². The van der Waals surface area contributed by atoms with E-state index in [1.807, 2.05) is 6.92 Å². The van der Waals surface area contributed by atoms with Gasteiger partial charge in [-0.3, -0.25) is 4.79 Å². The highest BCUT2D eigenvalue weighted by molar-refractivity contribution is 7.89. The Morgan fingerprint density at radius 2 is 1.90 bits per heavy atom. The van der Waals surface area contributed by atoms with Crippen LogP contribution in [0.4, 0.5) is 5.13 Å². The van der Waals surface area contributed by atoms with Crippen LogP contribution in [0.5, 0.6) is 0 Å². The molecule has 1 aromatic heterocycles. The number of thiazole rings is 1. The van der Waals surface area contributed by atoms with Crippen LogP contribution in [0.25, 0.3) is 11.3 Å². The largest absolute Gasteiger partial charge is 0.301 e. The number of nitrogens with zero attached hydrogens (tertiary/aromatic N) is 2. The van der Waals surface area contributed by atoms with E-state index < -0.39 is 16.1 Å². The fraction of sp³-hybridized carbons (Fsp3) is 0.238. The maximum absolute atomic E-state index is 13.1. The van der Waals surface area contributed by atoms with Gasteiger partial charge in [0, 0.05) is 17.5 Å². The van der Waals surface area contributed by atoms with Gasteiger partial charge in [0.2, 0.25) is 15.9 Å². The van der Waals surface area contributed by atoms with Crippen LogP contribution < -0.4 is 5.32 Å². The van der Waals surface area contributed by atoms with E-state index in [0.29, 0.717) is 40.3 Å². The number of carbonyl (C=O) groups is 1. The Morgan fingerprint density at radius 1 is 1.16 bits per heavy atom. The van der Waals surface area contributed by atoms with Gasteiger partial charge in [0.25, 0.3) is 0 Å². The third kappa shape index (κ3) is 4.63. The van der Waals surface area contributed by atoms with Crippen molar-refractivity contribution >= 4 is 55.6 Å². The van der Waals surface area contributed by atoms with Gasteiger partial charge >= 0.3 is 0 Å². The normalized spacial score (nSPS) is 17.1. The average molecular weight is 496 g/mol. The third-order valence-electron chi connectivity index (χ3n) is 5.08. The van der Waals surface area contributed by atoms with Crippen molar-refractivity contribution in [2.45, 2.75) is 30.7 Å². The summed E-state index contributed by atoms with van der Waals surface area (Å²) in [7, 11) is -3.76. The van der Waals surface area contributed by atoms with E-state index in [0.717, 1.165) is 11.1 Å². The molecular weight excluding hydrogens is 477 g/mol. The van der Waals surface area contributed by atoms with Crippen molar-refractivity contribution in [3.05, 3.63) is 63.5 Å². The van der Waals surface area contributed by atoms with Gasteiger partial charge < -0.3 is 5.32 Å². The first-order valence-corrected chi connectivity index (χ1v) is 12.6. The number of nitrogens with one attached hydrogen (secondary N) is 1. The first-order valence-electron chi connectivity index (χ1n) is 9.56. The average Bonchev–Trinajstić information content (AvgIpc) is 3.40. The van der Waals surface area contributed by atoms with Crippen LogP contribution in [0.1, 0.15) is 18.4 Å². The monoisotopic (exact) mass is 495 g/mol. The molecule has 0 spiro atoms. The number of sulfonamides is 1. The van der Waals surface area contributed by atoms with Gasteiger partial charge in [-0.25, -0.2) is 13.4 Å². The Labute approximate surface area is 194 Å². The SMILES string of the molecule is Cc1ccc(S(=O)(=O)N2CCCC2C(=O)Nc2nc(-c3ccc(Cl)c(Cl)c3)cs2)cc1. The van der Waals surface area contributed by atoms with Crippen LogP contribution in [0.3, 0.4) is 0 Å². The van der Waals surface area contributed by atoms with Crippen LogP contribution in [0.2, 0.25) is 10.0 Å². The van der Waals surface area contributed by atoms with E-state index in [1.165, 1.54) is 15.6 Å². The molecular formula is C21H19Cl2N3O3S2. The Balaban J connectivity index is 1.51. The summed E-state index contributed by atoms with van der Waals surface area (Å²) in [6.45, 7) is 2.20. The fourth-order valence-corrected chi connectivity index (χ4v) is 6.12. The number of amides is 1. The third-order valence-corrected chi connectivity index (χ3v) is 8.50. The first-order chi connectivity index (χ1) is 14.8. The highest BCUT2D eigenvalue weighted by Gasteiger charge is 2.39. The van der Waals surface area contributed by atoms with E-state index in [1.54, 1.807) is 47.8 Å². The summed E-state index contributed by atoms with van der Waals surface area (Å²) < 4.78 is 27.4. The summed E-state index contributed by atoms with van der Waals surface area (Å²) in [6.07, 6.45) is 1.08. The number of aromatic nitrogens is 1. The second kappa shape index (κ2) is 8.88. The number of aryl methyl sites for hydroxylation is 1. The Bertz CT molecular complexity index is 1230. The van der Waals surface area contributed by atoms with Crippen LogP contribution in [-0.2, 0) is 14.8 Å². The zero-order valence-electron chi connectivity index (χ0n) is 16.5. The summed E-state index contributed by atoms with van der Waals surface area (Å²) in [5.74, 6) is -0.386. The second-order valence-electron chi connectivity index (χ2n) is 7.24. The molecule has 1 N–H and O–H groups in total. The van der Waals surface area contributed by atoms with Crippen molar-refractivity contribution in [3.8, 4) is 11.3 Å². The zero-order chi connectivity index (χ0) is 22.2. The molecule has 1 aliphatic heterocycles. The number of hydrogen-bond donors (Lipinski definition) is 1. The van der Waals surface area contributed by atoms with Crippen molar-refractivity contribution in [3.63, 3.8) is 0 Å². The highest BCUT2D eigenvalue weighted by atomic mass is 35.5. The van der Waals surface area contributed by atoms with Crippen molar-refractivity contribution in [2.24, 2.45) is 0 Å². The molecule has 31 heavy (non-hydrogen) atoms. The lowest BCUT2D eigenvalue weighted by Gasteiger charge is -2.23. The molecule has 10 heteroatoms. The topological polar surface area (TPSA) is 79.4 Å². The minimum atomic E-state index is -3.76. The summed E-state index contributed by atoms with van der Waals surface area (Å²) in [5, 5.41) is 5.82. The van der Waals surface area contributed by atoms with E-state index in [4.69, 9.17) is 23.2 Å². The molecule has 1 fully saturated rings. The predicted molar refractivity (Wildman–Crippen MR) is 124 cm³/mol.